The minimum absolute atomic E-state index is 0.0595. The molecule has 0 spiro atoms. The van der Waals surface area contributed by atoms with Gasteiger partial charge in [-0.3, -0.25) is 9.59 Å². The predicted octanol–water partition coefficient (Wildman–Crippen LogP) is 1.15. The zero-order valence-electron chi connectivity index (χ0n) is 11.8. The standard InChI is InChI=1S/C14H18O6/c1-14(13(18)20-3)6-8-4-7(11(14)16)5-9(10(8)15)12(17)19-2/h7-8,15H,4-6H2,1-3H3/t7-,8-,14-/m0/s1. The molecule has 3 atom stereocenters. The van der Waals surface area contributed by atoms with E-state index in [0.717, 1.165) is 0 Å². The third-order valence-corrected chi connectivity index (χ3v) is 4.35. The zero-order chi connectivity index (χ0) is 15.1. The van der Waals surface area contributed by atoms with Crippen molar-refractivity contribution in [2.45, 2.75) is 26.2 Å². The normalized spacial score (nSPS) is 32.9. The molecule has 2 aliphatic rings. The summed E-state index contributed by atoms with van der Waals surface area (Å²) in [5.74, 6) is -2.34. The predicted molar refractivity (Wildman–Crippen MR) is 67.6 cm³/mol. The van der Waals surface area contributed by atoms with Gasteiger partial charge in [0.1, 0.15) is 11.2 Å². The number of fused-ring (bicyclic) bond motifs is 2. The molecule has 20 heavy (non-hydrogen) atoms. The zero-order valence-corrected chi connectivity index (χ0v) is 11.8. The van der Waals surface area contributed by atoms with E-state index in [4.69, 9.17) is 4.74 Å². The summed E-state index contributed by atoms with van der Waals surface area (Å²) in [4.78, 5) is 36.0. The van der Waals surface area contributed by atoms with E-state index < -0.39 is 23.3 Å². The van der Waals surface area contributed by atoms with Gasteiger partial charge in [0.05, 0.1) is 19.8 Å². The number of hydrogen-bond donors (Lipinski definition) is 1. The smallest absolute Gasteiger partial charge is 0.337 e. The molecule has 2 rings (SSSR count). The molecule has 110 valence electrons. The molecule has 0 saturated heterocycles. The number of allylic oxidation sites excluding steroid dienone is 1. The lowest BCUT2D eigenvalue weighted by Crippen LogP contribution is -2.49. The number of ether oxygens (including phenoxy) is 2. The molecule has 0 aliphatic heterocycles. The molecule has 6 nitrogen and oxygen atoms in total. The number of carbonyl (C=O) groups excluding carboxylic acids is 3. The van der Waals surface area contributed by atoms with Crippen LogP contribution in [0.5, 0.6) is 0 Å². The molecule has 0 heterocycles. The van der Waals surface area contributed by atoms with E-state index in [9.17, 15) is 19.5 Å². The maximum atomic E-state index is 12.5. The summed E-state index contributed by atoms with van der Waals surface area (Å²) >= 11 is 0. The quantitative estimate of drug-likeness (QED) is 0.603. The summed E-state index contributed by atoms with van der Waals surface area (Å²) in [5.41, 5.74) is -1.10. The number of ketones is 1. The van der Waals surface area contributed by atoms with Gasteiger partial charge in [0.25, 0.3) is 0 Å². The molecule has 0 aromatic carbocycles. The number of carbonyl (C=O) groups is 3. The maximum Gasteiger partial charge on any atom is 0.337 e. The fraction of sp³-hybridized carbons (Fsp3) is 0.643. The monoisotopic (exact) mass is 282 g/mol. The maximum absolute atomic E-state index is 12.5. The second-order valence-electron chi connectivity index (χ2n) is 5.58. The van der Waals surface area contributed by atoms with Crippen molar-refractivity contribution in [3.8, 4) is 0 Å². The molecule has 0 aromatic rings. The third kappa shape index (κ3) is 1.99. The number of esters is 2. The minimum Gasteiger partial charge on any atom is -0.511 e. The fourth-order valence-corrected chi connectivity index (χ4v) is 3.28. The van der Waals surface area contributed by atoms with Crippen molar-refractivity contribution in [1.82, 2.24) is 0 Å². The summed E-state index contributed by atoms with van der Waals surface area (Å²) < 4.78 is 9.33. The van der Waals surface area contributed by atoms with Crippen molar-refractivity contribution in [1.29, 1.82) is 0 Å². The first kappa shape index (κ1) is 14.6. The SMILES string of the molecule is COC(=O)C1=C(O)[C@H]2C[C@@H](C1)C(=O)[C@@](C)(C(=O)OC)C2. The number of hydrogen-bond acceptors (Lipinski definition) is 6. The number of aliphatic hydroxyl groups excluding tert-OH is 1. The van der Waals surface area contributed by atoms with Gasteiger partial charge in [-0.15, -0.1) is 0 Å². The van der Waals surface area contributed by atoms with Crippen LogP contribution in [0.15, 0.2) is 11.3 Å². The summed E-state index contributed by atoms with van der Waals surface area (Å²) in [6.07, 6.45) is 0.722. The highest BCUT2D eigenvalue weighted by Crippen LogP contribution is 2.48. The van der Waals surface area contributed by atoms with E-state index in [1.165, 1.54) is 21.1 Å². The summed E-state index contributed by atoms with van der Waals surface area (Å²) in [7, 11) is 2.47. The van der Waals surface area contributed by atoms with Crippen molar-refractivity contribution >= 4 is 17.7 Å². The first-order chi connectivity index (χ1) is 9.35. The molecule has 1 fully saturated rings. The molecule has 6 heteroatoms. The Morgan fingerprint density at radius 3 is 2.45 bits per heavy atom. The van der Waals surface area contributed by atoms with Crippen molar-refractivity contribution in [2.75, 3.05) is 14.2 Å². The van der Waals surface area contributed by atoms with Gasteiger partial charge >= 0.3 is 11.9 Å². The highest BCUT2D eigenvalue weighted by Gasteiger charge is 2.54. The van der Waals surface area contributed by atoms with Crippen LogP contribution in [-0.4, -0.2) is 37.0 Å². The van der Waals surface area contributed by atoms with Crippen LogP contribution in [0.2, 0.25) is 0 Å². The van der Waals surface area contributed by atoms with Crippen LogP contribution in [0.1, 0.15) is 26.2 Å². The van der Waals surface area contributed by atoms with E-state index in [0.29, 0.717) is 6.42 Å². The van der Waals surface area contributed by atoms with Gasteiger partial charge in [-0.2, -0.15) is 0 Å². The number of Topliss-reactive ketones (excluding diaryl/α,β-unsaturated/α-hetero) is 1. The lowest BCUT2D eigenvalue weighted by Gasteiger charge is -2.41. The highest BCUT2D eigenvalue weighted by molar-refractivity contribution is 6.06. The summed E-state index contributed by atoms with van der Waals surface area (Å²) in [6, 6.07) is 0. The second-order valence-corrected chi connectivity index (χ2v) is 5.58. The molecular weight excluding hydrogens is 264 g/mol. The molecule has 0 radical (unpaired) electrons. The van der Waals surface area contributed by atoms with Gasteiger partial charge in [0, 0.05) is 11.8 Å². The van der Waals surface area contributed by atoms with Crippen LogP contribution in [0.3, 0.4) is 0 Å². The Morgan fingerprint density at radius 2 is 1.90 bits per heavy atom. The van der Waals surface area contributed by atoms with Gasteiger partial charge < -0.3 is 14.6 Å². The molecule has 1 N–H and O–H groups in total. The van der Waals surface area contributed by atoms with E-state index in [1.54, 1.807) is 0 Å². The van der Waals surface area contributed by atoms with Gasteiger partial charge in [0.15, 0.2) is 5.78 Å². The number of aliphatic hydroxyl groups is 1. The lowest BCUT2D eigenvalue weighted by molar-refractivity contribution is -0.162. The number of methoxy groups -OCH3 is 2. The van der Waals surface area contributed by atoms with E-state index in [1.807, 2.05) is 0 Å². The Hall–Kier alpha value is -1.85. The Labute approximate surface area is 116 Å². The molecule has 2 aliphatic carbocycles. The summed E-state index contributed by atoms with van der Waals surface area (Å²) in [6.45, 7) is 1.54. The van der Waals surface area contributed by atoms with Gasteiger partial charge in [-0.05, 0) is 26.2 Å². The Bertz CT molecular complexity index is 506. The Morgan fingerprint density at radius 1 is 1.25 bits per heavy atom. The third-order valence-electron chi connectivity index (χ3n) is 4.35. The molecule has 1 saturated carbocycles. The average Bonchev–Trinajstić information content (AvgIpc) is 2.45. The van der Waals surface area contributed by atoms with Crippen LogP contribution >= 0.6 is 0 Å². The molecule has 2 bridgehead atoms. The van der Waals surface area contributed by atoms with Crippen molar-refractivity contribution in [3.05, 3.63) is 11.3 Å². The van der Waals surface area contributed by atoms with Crippen LogP contribution in [0.4, 0.5) is 0 Å². The Balaban J connectivity index is 2.39. The van der Waals surface area contributed by atoms with Crippen LogP contribution in [0, 0.1) is 17.3 Å². The van der Waals surface area contributed by atoms with Gasteiger partial charge in [-0.25, -0.2) is 4.79 Å². The summed E-state index contributed by atoms with van der Waals surface area (Å²) in [5, 5.41) is 10.2. The van der Waals surface area contributed by atoms with Gasteiger partial charge in [-0.1, -0.05) is 0 Å². The van der Waals surface area contributed by atoms with Crippen LogP contribution in [0.25, 0.3) is 0 Å². The van der Waals surface area contributed by atoms with E-state index in [-0.39, 0.29) is 35.9 Å². The van der Waals surface area contributed by atoms with Crippen molar-refractivity contribution in [3.63, 3.8) is 0 Å². The first-order valence-electron chi connectivity index (χ1n) is 6.48. The topological polar surface area (TPSA) is 89.9 Å². The highest BCUT2D eigenvalue weighted by atomic mass is 16.5. The van der Waals surface area contributed by atoms with E-state index in [2.05, 4.69) is 4.74 Å². The van der Waals surface area contributed by atoms with Gasteiger partial charge in [0.2, 0.25) is 0 Å². The van der Waals surface area contributed by atoms with Crippen molar-refractivity contribution in [2.24, 2.45) is 17.3 Å². The first-order valence-corrected chi connectivity index (χ1v) is 6.48. The van der Waals surface area contributed by atoms with Crippen molar-refractivity contribution < 1.29 is 29.0 Å². The number of rotatable bonds is 2. The molecule has 0 amide bonds. The lowest BCUT2D eigenvalue weighted by atomic mass is 9.61. The van der Waals surface area contributed by atoms with Crippen LogP contribution < -0.4 is 0 Å². The van der Waals surface area contributed by atoms with E-state index >= 15 is 0 Å². The largest absolute Gasteiger partial charge is 0.511 e. The van der Waals surface area contributed by atoms with Crippen LogP contribution in [-0.2, 0) is 23.9 Å². The second kappa shape index (κ2) is 4.92. The average molecular weight is 282 g/mol. The minimum atomic E-state index is -1.25. The molecular formula is C14H18O6. The fourth-order valence-electron chi connectivity index (χ4n) is 3.28. The molecule has 0 aromatic heterocycles. The molecule has 0 unspecified atom stereocenters. The Kier molecular flexibility index (Phi) is 3.58.